The van der Waals surface area contributed by atoms with Crippen molar-refractivity contribution >= 4 is 16.9 Å². The number of aryl methyl sites for hydroxylation is 1. The molecule has 1 aliphatic carbocycles. The predicted molar refractivity (Wildman–Crippen MR) is 69.1 cm³/mol. The van der Waals surface area contributed by atoms with Crippen LogP contribution in [0.3, 0.4) is 0 Å². The van der Waals surface area contributed by atoms with Crippen molar-refractivity contribution in [3.8, 4) is 0 Å². The smallest absolute Gasteiger partial charge is 0.143 e. The molecule has 17 heavy (non-hydrogen) atoms. The standard InChI is InChI=1S/C13H18N4/c1-9-7-11-12(16-9)14-8-15-13(11)17-10-5-3-2-4-6-10/h7-8,10H,2-6H2,1H3,(H2,14,15,16,17). The highest BCUT2D eigenvalue weighted by Crippen LogP contribution is 2.25. The van der Waals surface area contributed by atoms with Gasteiger partial charge in [0.25, 0.3) is 0 Å². The van der Waals surface area contributed by atoms with Crippen LogP contribution in [-0.4, -0.2) is 21.0 Å². The highest BCUT2D eigenvalue weighted by molar-refractivity contribution is 5.87. The number of nitrogens with one attached hydrogen (secondary N) is 2. The van der Waals surface area contributed by atoms with Crippen molar-refractivity contribution in [3.05, 3.63) is 18.1 Å². The van der Waals surface area contributed by atoms with Crippen LogP contribution in [0.15, 0.2) is 12.4 Å². The van der Waals surface area contributed by atoms with Gasteiger partial charge in [-0.05, 0) is 25.8 Å². The van der Waals surface area contributed by atoms with Crippen LogP contribution in [0.1, 0.15) is 37.8 Å². The summed E-state index contributed by atoms with van der Waals surface area (Å²) >= 11 is 0. The number of aromatic amines is 1. The topological polar surface area (TPSA) is 53.6 Å². The van der Waals surface area contributed by atoms with Crippen LogP contribution in [0.5, 0.6) is 0 Å². The molecule has 1 aliphatic rings. The largest absolute Gasteiger partial charge is 0.367 e. The molecule has 0 atom stereocenters. The van der Waals surface area contributed by atoms with E-state index in [1.165, 1.54) is 32.1 Å². The average Bonchev–Trinajstić information content (AvgIpc) is 2.72. The first-order valence-corrected chi connectivity index (χ1v) is 6.40. The first-order chi connectivity index (χ1) is 8.33. The molecule has 0 unspecified atom stereocenters. The Balaban J connectivity index is 1.88. The number of H-pyrrole nitrogens is 1. The molecule has 0 saturated heterocycles. The van der Waals surface area contributed by atoms with Gasteiger partial charge in [0.05, 0.1) is 5.39 Å². The predicted octanol–water partition coefficient (Wildman–Crippen LogP) is 3.01. The fraction of sp³-hybridized carbons (Fsp3) is 0.538. The SMILES string of the molecule is Cc1cc2c(NC3CCCCC3)ncnc2[nH]1. The quantitative estimate of drug-likeness (QED) is 0.833. The number of fused-ring (bicyclic) bond motifs is 1. The molecular weight excluding hydrogens is 212 g/mol. The Labute approximate surface area is 101 Å². The van der Waals surface area contributed by atoms with Gasteiger partial charge in [0.15, 0.2) is 0 Å². The minimum atomic E-state index is 0.581. The second kappa shape index (κ2) is 4.35. The summed E-state index contributed by atoms with van der Waals surface area (Å²) in [7, 11) is 0. The molecule has 1 fully saturated rings. The zero-order valence-electron chi connectivity index (χ0n) is 10.2. The maximum atomic E-state index is 4.37. The first kappa shape index (κ1) is 10.6. The van der Waals surface area contributed by atoms with Crippen molar-refractivity contribution in [2.24, 2.45) is 0 Å². The van der Waals surface area contributed by atoms with Gasteiger partial charge in [0, 0.05) is 11.7 Å². The van der Waals surface area contributed by atoms with Crippen molar-refractivity contribution < 1.29 is 0 Å². The lowest BCUT2D eigenvalue weighted by molar-refractivity contribution is 0.462. The molecule has 2 N–H and O–H groups in total. The minimum absolute atomic E-state index is 0.581. The summed E-state index contributed by atoms with van der Waals surface area (Å²) in [5.41, 5.74) is 2.06. The average molecular weight is 230 g/mol. The van der Waals surface area contributed by atoms with Crippen LogP contribution < -0.4 is 5.32 Å². The van der Waals surface area contributed by atoms with Gasteiger partial charge in [0.2, 0.25) is 0 Å². The molecule has 0 aromatic carbocycles. The zero-order valence-corrected chi connectivity index (χ0v) is 10.2. The number of aromatic nitrogens is 3. The van der Waals surface area contributed by atoms with Crippen molar-refractivity contribution in [1.82, 2.24) is 15.0 Å². The molecule has 4 heteroatoms. The van der Waals surface area contributed by atoms with Crippen LogP contribution in [0.25, 0.3) is 11.0 Å². The molecule has 3 rings (SSSR count). The lowest BCUT2D eigenvalue weighted by Crippen LogP contribution is -2.22. The van der Waals surface area contributed by atoms with E-state index in [-0.39, 0.29) is 0 Å². The zero-order chi connectivity index (χ0) is 11.7. The minimum Gasteiger partial charge on any atom is -0.367 e. The molecule has 0 aliphatic heterocycles. The van der Waals surface area contributed by atoms with Gasteiger partial charge >= 0.3 is 0 Å². The van der Waals surface area contributed by atoms with Gasteiger partial charge < -0.3 is 10.3 Å². The molecule has 90 valence electrons. The molecule has 2 aromatic rings. The Hall–Kier alpha value is -1.58. The number of hydrogen-bond donors (Lipinski definition) is 2. The molecule has 0 radical (unpaired) electrons. The summed E-state index contributed by atoms with van der Waals surface area (Å²) in [6, 6.07) is 2.69. The van der Waals surface area contributed by atoms with E-state index in [9.17, 15) is 0 Å². The van der Waals surface area contributed by atoms with E-state index in [4.69, 9.17) is 0 Å². The van der Waals surface area contributed by atoms with Crippen LogP contribution in [-0.2, 0) is 0 Å². The summed E-state index contributed by atoms with van der Waals surface area (Å²) in [5, 5.41) is 4.67. The highest BCUT2D eigenvalue weighted by Gasteiger charge is 2.15. The van der Waals surface area contributed by atoms with Gasteiger partial charge in [-0.2, -0.15) is 0 Å². The van der Waals surface area contributed by atoms with E-state index in [0.717, 1.165) is 22.5 Å². The summed E-state index contributed by atoms with van der Waals surface area (Å²) in [6.45, 7) is 2.05. The molecule has 2 aromatic heterocycles. The van der Waals surface area contributed by atoms with Crippen molar-refractivity contribution in [3.63, 3.8) is 0 Å². The number of nitrogens with zero attached hydrogens (tertiary/aromatic N) is 2. The molecule has 0 bridgehead atoms. The van der Waals surface area contributed by atoms with Crippen LogP contribution in [0, 0.1) is 6.92 Å². The van der Waals surface area contributed by atoms with Crippen molar-refractivity contribution in [2.75, 3.05) is 5.32 Å². The van der Waals surface area contributed by atoms with E-state index < -0.39 is 0 Å². The summed E-state index contributed by atoms with van der Waals surface area (Å²) in [5.74, 6) is 0.978. The maximum absolute atomic E-state index is 4.37. The normalized spacial score (nSPS) is 17.5. The fourth-order valence-corrected chi connectivity index (χ4v) is 2.63. The second-order valence-electron chi connectivity index (χ2n) is 4.92. The summed E-state index contributed by atoms with van der Waals surface area (Å²) in [4.78, 5) is 11.9. The lowest BCUT2D eigenvalue weighted by Gasteiger charge is -2.23. The van der Waals surface area contributed by atoms with E-state index in [2.05, 4.69) is 26.3 Å². The third-order valence-electron chi connectivity index (χ3n) is 3.51. The number of hydrogen-bond acceptors (Lipinski definition) is 3. The molecule has 1 saturated carbocycles. The monoisotopic (exact) mass is 230 g/mol. The van der Waals surface area contributed by atoms with Gasteiger partial charge in [-0.25, -0.2) is 9.97 Å². The van der Waals surface area contributed by atoms with E-state index in [1.807, 2.05) is 6.92 Å². The molecule has 0 spiro atoms. The van der Waals surface area contributed by atoms with Gasteiger partial charge in [-0.15, -0.1) is 0 Å². The first-order valence-electron chi connectivity index (χ1n) is 6.40. The Bertz CT molecular complexity index is 511. The van der Waals surface area contributed by atoms with E-state index in [0.29, 0.717) is 6.04 Å². The maximum Gasteiger partial charge on any atom is 0.143 e. The highest BCUT2D eigenvalue weighted by atomic mass is 15.1. The van der Waals surface area contributed by atoms with Crippen LogP contribution in [0.4, 0.5) is 5.82 Å². The second-order valence-corrected chi connectivity index (χ2v) is 4.92. The van der Waals surface area contributed by atoms with Gasteiger partial charge in [0.1, 0.15) is 17.8 Å². The summed E-state index contributed by atoms with van der Waals surface area (Å²) in [6.07, 6.45) is 8.18. The van der Waals surface area contributed by atoms with Crippen molar-refractivity contribution in [2.45, 2.75) is 45.1 Å². The lowest BCUT2D eigenvalue weighted by atomic mass is 9.95. The molecule has 4 nitrogen and oxygen atoms in total. The van der Waals surface area contributed by atoms with Gasteiger partial charge in [-0.1, -0.05) is 19.3 Å². The molecule has 0 amide bonds. The Morgan fingerprint density at radius 2 is 2.06 bits per heavy atom. The van der Waals surface area contributed by atoms with Crippen LogP contribution >= 0.6 is 0 Å². The summed E-state index contributed by atoms with van der Waals surface area (Å²) < 4.78 is 0. The third kappa shape index (κ3) is 2.12. The Kier molecular flexibility index (Phi) is 2.71. The Morgan fingerprint density at radius 1 is 1.24 bits per heavy atom. The molecular formula is C13H18N4. The van der Waals surface area contributed by atoms with Gasteiger partial charge in [-0.3, -0.25) is 0 Å². The fourth-order valence-electron chi connectivity index (χ4n) is 2.63. The van der Waals surface area contributed by atoms with E-state index in [1.54, 1.807) is 6.33 Å². The molecule has 2 heterocycles. The van der Waals surface area contributed by atoms with Crippen molar-refractivity contribution in [1.29, 1.82) is 0 Å². The number of anilines is 1. The third-order valence-corrected chi connectivity index (χ3v) is 3.51. The van der Waals surface area contributed by atoms with Crippen LogP contribution in [0.2, 0.25) is 0 Å². The Morgan fingerprint density at radius 3 is 2.88 bits per heavy atom. The van der Waals surface area contributed by atoms with E-state index >= 15 is 0 Å². The number of rotatable bonds is 2.